The minimum atomic E-state index is 0.105. The van der Waals surface area contributed by atoms with Crippen LogP contribution < -0.4 is 0 Å². The second kappa shape index (κ2) is 6.10. The van der Waals surface area contributed by atoms with Crippen LogP contribution in [-0.2, 0) is 9.53 Å². The van der Waals surface area contributed by atoms with Gasteiger partial charge in [0.15, 0.2) is 0 Å². The molecule has 0 amide bonds. The Morgan fingerprint density at radius 2 is 2.36 bits per heavy atom. The van der Waals surface area contributed by atoms with Gasteiger partial charge in [-0.15, -0.1) is 6.58 Å². The molecule has 0 radical (unpaired) electrons. The molecule has 11 heavy (non-hydrogen) atoms. The van der Waals surface area contributed by atoms with Crippen LogP contribution in [0.5, 0.6) is 0 Å². The second-order valence-electron chi connectivity index (χ2n) is 2.64. The Morgan fingerprint density at radius 3 is 2.82 bits per heavy atom. The Labute approximate surface area is 68.2 Å². The highest BCUT2D eigenvalue weighted by atomic mass is 16.5. The highest BCUT2D eigenvalue weighted by Gasteiger charge is 2.09. The molecule has 1 unspecified atom stereocenters. The van der Waals surface area contributed by atoms with Gasteiger partial charge in [-0.3, -0.25) is 4.79 Å². The lowest BCUT2D eigenvalue weighted by molar-refractivity contribution is -0.122. The van der Waals surface area contributed by atoms with Crippen LogP contribution in [0, 0.1) is 5.92 Å². The Balaban J connectivity index is 3.54. The zero-order valence-electron chi connectivity index (χ0n) is 7.30. The van der Waals surface area contributed by atoms with Crippen LogP contribution in [0.15, 0.2) is 12.7 Å². The molecule has 2 nitrogen and oxygen atoms in total. The van der Waals surface area contributed by atoms with Crippen molar-refractivity contribution >= 4 is 5.78 Å². The monoisotopic (exact) mass is 156 g/mol. The Morgan fingerprint density at radius 1 is 1.73 bits per heavy atom. The summed E-state index contributed by atoms with van der Waals surface area (Å²) in [6.45, 7) is 6.09. The van der Waals surface area contributed by atoms with Gasteiger partial charge in [0.2, 0.25) is 0 Å². The molecule has 2 heteroatoms. The third-order valence-electron chi connectivity index (χ3n) is 1.65. The smallest absolute Gasteiger partial charge is 0.139 e. The van der Waals surface area contributed by atoms with Crippen molar-refractivity contribution in [1.29, 1.82) is 0 Å². The van der Waals surface area contributed by atoms with Crippen molar-refractivity contribution < 1.29 is 9.53 Å². The summed E-state index contributed by atoms with van der Waals surface area (Å²) in [5.41, 5.74) is 0. The molecule has 0 aromatic heterocycles. The number of methoxy groups -OCH3 is 1. The molecular formula is C9H16O2. The fraction of sp³-hybridized carbons (Fsp3) is 0.667. The fourth-order valence-electron chi connectivity index (χ4n) is 0.799. The Hall–Kier alpha value is -0.630. The van der Waals surface area contributed by atoms with Gasteiger partial charge in [0.25, 0.3) is 0 Å². The summed E-state index contributed by atoms with van der Waals surface area (Å²) in [6, 6.07) is 0. The summed E-state index contributed by atoms with van der Waals surface area (Å²) in [4.78, 5) is 11.1. The van der Waals surface area contributed by atoms with Crippen molar-refractivity contribution in [3.8, 4) is 0 Å². The Kier molecular flexibility index (Phi) is 5.75. The van der Waals surface area contributed by atoms with Gasteiger partial charge in [0.05, 0.1) is 0 Å². The third-order valence-corrected chi connectivity index (χ3v) is 1.65. The van der Waals surface area contributed by atoms with E-state index in [1.807, 2.05) is 6.92 Å². The van der Waals surface area contributed by atoms with E-state index in [2.05, 4.69) is 6.58 Å². The van der Waals surface area contributed by atoms with Gasteiger partial charge in [-0.25, -0.2) is 0 Å². The topological polar surface area (TPSA) is 26.3 Å². The van der Waals surface area contributed by atoms with Gasteiger partial charge in [0, 0.05) is 26.1 Å². The number of carbonyl (C=O) groups is 1. The molecule has 0 saturated heterocycles. The van der Waals surface area contributed by atoms with Crippen LogP contribution >= 0.6 is 0 Å². The van der Waals surface area contributed by atoms with Crippen LogP contribution in [-0.4, -0.2) is 19.5 Å². The van der Waals surface area contributed by atoms with Crippen molar-refractivity contribution in [1.82, 2.24) is 0 Å². The van der Waals surface area contributed by atoms with Crippen LogP contribution in [0.25, 0.3) is 0 Å². The van der Waals surface area contributed by atoms with Gasteiger partial charge < -0.3 is 4.74 Å². The Bertz CT molecular complexity index is 130. The van der Waals surface area contributed by atoms with E-state index >= 15 is 0 Å². The number of Topliss-reactive ketones (excluding diaryl/α,β-unsaturated/α-hetero) is 1. The maximum Gasteiger partial charge on any atom is 0.139 e. The quantitative estimate of drug-likeness (QED) is 0.548. The predicted octanol–water partition coefficient (Wildman–Crippen LogP) is 1.80. The number of allylic oxidation sites excluding steroid dienone is 1. The lowest BCUT2D eigenvalue weighted by Crippen LogP contribution is -2.11. The van der Waals surface area contributed by atoms with Gasteiger partial charge >= 0.3 is 0 Å². The van der Waals surface area contributed by atoms with Crippen molar-refractivity contribution in [2.45, 2.75) is 19.8 Å². The lowest BCUT2D eigenvalue weighted by Gasteiger charge is -2.06. The zero-order chi connectivity index (χ0) is 8.69. The van der Waals surface area contributed by atoms with Crippen LogP contribution in [0.3, 0.4) is 0 Å². The van der Waals surface area contributed by atoms with Gasteiger partial charge in [0.1, 0.15) is 5.78 Å². The van der Waals surface area contributed by atoms with E-state index in [0.29, 0.717) is 13.0 Å². The molecule has 0 aliphatic rings. The van der Waals surface area contributed by atoms with Gasteiger partial charge in [-0.2, -0.15) is 0 Å². The van der Waals surface area contributed by atoms with E-state index < -0.39 is 0 Å². The first-order valence-electron chi connectivity index (χ1n) is 3.85. The van der Waals surface area contributed by atoms with E-state index in [-0.39, 0.29) is 11.7 Å². The van der Waals surface area contributed by atoms with Crippen LogP contribution in [0.1, 0.15) is 19.8 Å². The van der Waals surface area contributed by atoms with Crippen LogP contribution in [0.4, 0.5) is 0 Å². The molecular weight excluding hydrogens is 140 g/mol. The molecule has 64 valence electrons. The normalized spacial score (nSPS) is 12.5. The minimum absolute atomic E-state index is 0.105. The molecule has 0 bridgehead atoms. The summed E-state index contributed by atoms with van der Waals surface area (Å²) >= 11 is 0. The molecule has 0 aromatic rings. The molecule has 0 aliphatic carbocycles. The van der Waals surface area contributed by atoms with E-state index in [9.17, 15) is 4.79 Å². The number of ether oxygens (including phenoxy) is 1. The molecule has 0 heterocycles. The molecule has 1 atom stereocenters. The number of carbonyl (C=O) groups excluding carboxylic acids is 1. The lowest BCUT2D eigenvalue weighted by atomic mass is 10.0. The molecule has 0 fully saturated rings. The summed E-state index contributed by atoms with van der Waals surface area (Å²) in [7, 11) is 1.64. The minimum Gasteiger partial charge on any atom is -0.385 e. The molecule has 0 aliphatic heterocycles. The van der Waals surface area contributed by atoms with Crippen LogP contribution in [0.2, 0.25) is 0 Å². The number of ketones is 1. The average Bonchev–Trinajstić information content (AvgIpc) is 2.00. The third kappa shape index (κ3) is 4.73. The first-order valence-corrected chi connectivity index (χ1v) is 3.85. The highest BCUT2D eigenvalue weighted by Crippen LogP contribution is 2.05. The largest absolute Gasteiger partial charge is 0.385 e. The SMILES string of the molecule is C=CCC(=O)C(C)CCOC. The fourth-order valence-corrected chi connectivity index (χ4v) is 0.799. The van der Waals surface area contributed by atoms with Gasteiger partial charge in [-0.1, -0.05) is 13.0 Å². The van der Waals surface area contributed by atoms with Gasteiger partial charge in [-0.05, 0) is 6.42 Å². The van der Waals surface area contributed by atoms with E-state index in [4.69, 9.17) is 4.74 Å². The first kappa shape index (κ1) is 10.4. The summed E-state index contributed by atoms with van der Waals surface area (Å²) in [5.74, 6) is 0.352. The second-order valence-corrected chi connectivity index (χ2v) is 2.64. The summed E-state index contributed by atoms with van der Waals surface area (Å²) in [6.07, 6.45) is 2.93. The first-order chi connectivity index (χ1) is 5.22. The molecule has 0 rings (SSSR count). The van der Waals surface area contributed by atoms with Crippen molar-refractivity contribution in [2.24, 2.45) is 5.92 Å². The summed E-state index contributed by atoms with van der Waals surface area (Å²) < 4.78 is 4.86. The predicted molar refractivity (Wildman–Crippen MR) is 45.5 cm³/mol. The number of hydrogen-bond donors (Lipinski definition) is 0. The highest BCUT2D eigenvalue weighted by molar-refractivity contribution is 5.81. The maximum absolute atomic E-state index is 11.1. The number of hydrogen-bond acceptors (Lipinski definition) is 2. The van der Waals surface area contributed by atoms with E-state index in [1.54, 1.807) is 13.2 Å². The van der Waals surface area contributed by atoms with E-state index in [1.165, 1.54) is 0 Å². The molecule has 0 saturated carbocycles. The maximum atomic E-state index is 11.1. The molecule has 0 aromatic carbocycles. The van der Waals surface area contributed by atoms with Crippen molar-refractivity contribution in [3.05, 3.63) is 12.7 Å². The summed E-state index contributed by atoms with van der Waals surface area (Å²) in [5, 5.41) is 0. The van der Waals surface area contributed by atoms with E-state index in [0.717, 1.165) is 6.42 Å². The average molecular weight is 156 g/mol. The number of rotatable bonds is 6. The van der Waals surface area contributed by atoms with Crippen molar-refractivity contribution in [3.63, 3.8) is 0 Å². The standard InChI is InChI=1S/C9H16O2/c1-4-5-9(10)8(2)6-7-11-3/h4,8H,1,5-7H2,2-3H3. The molecule has 0 spiro atoms. The molecule has 0 N–H and O–H groups in total. The van der Waals surface area contributed by atoms with Crippen molar-refractivity contribution in [2.75, 3.05) is 13.7 Å². The zero-order valence-corrected chi connectivity index (χ0v) is 7.30.